The van der Waals surface area contributed by atoms with E-state index in [4.69, 9.17) is 17.0 Å². The van der Waals surface area contributed by atoms with E-state index in [9.17, 15) is 14.0 Å². The molecule has 1 aromatic carbocycles. The first kappa shape index (κ1) is 21.8. The summed E-state index contributed by atoms with van der Waals surface area (Å²) in [6.07, 6.45) is -0.925. The molecule has 0 heterocycles. The Hall–Kier alpha value is -2.22. The molecule has 0 saturated carbocycles. The molecule has 0 aliphatic carbocycles. The average Bonchev–Trinajstić information content (AvgIpc) is 2.53. The van der Waals surface area contributed by atoms with Crippen LogP contribution >= 0.6 is 12.2 Å². The first-order valence-corrected chi connectivity index (χ1v) is 8.85. The first-order valence-electron chi connectivity index (χ1n) is 8.44. The van der Waals surface area contributed by atoms with Crippen LogP contribution in [0.1, 0.15) is 34.6 Å². The smallest absolute Gasteiger partial charge is 0.408 e. The third-order valence-electron chi connectivity index (χ3n) is 3.43. The molecular formula is C18H26FN3O3S. The van der Waals surface area contributed by atoms with Crippen LogP contribution in [0, 0.1) is 11.7 Å². The van der Waals surface area contributed by atoms with E-state index in [-0.39, 0.29) is 23.7 Å². The van der Waals surface area contributed by atoms with Crippen LogP contribution < -0.4 is 16.0 Å². The van der Waals surface area contributed by atoms with Crippen molar-refractivity contribution in [3.63, 3.8) is 0 Å². The summed E-state index contributed by atoms with van der Waals surface area (Å²) in [7, 11) is 0. The van der Waals surface area contributed by atoms with E-state index in [1.807, 2.05) is 13.8 Å². The molecule has 0 aliphatic rings. The van der Waals surface area contributed by atoms with Crippen molar-refractivity contribution in [2.24, 2.45) is 5.92 Å². The molecule has 8 heteroatoms. The van der Waals surface area contributed by atoms with Crippen molar-refractivity contribution in [2.75, 3.05) is 5.32 Å². The number of anilines is 1. The Kier molecular flexibility index (Phi) is 8.44. The molecule has 26 heavy (non-hydrogen) atoms. The van der Waals surface area contributed by atoms with Crippen LogP contribution in [0.25, 0.3) is 0 Å². The minimum Gasteiger partial charge on any atom is -0.447 e. The summed E-state index contributed by atoms with van der Waals surface area (Å²) in [5, 5.41) is 8.28. The summed E-state index contributed by atoms with van der Waals surface area (Å²) in [5.41, 5.74) is 0.622. The van der Waals surface area contributed by atoms with Gasteiger partial charge in [0, 0.05) is 5.69 Å². The minimum atomic E-state index is -0.752. The number of halogens is 1. The molecular weight excluding hydrogens is 357 g/mol. The van der Waals surface area contributed by atoms with Gasteiger partial charge >= 0.3 is 6.09 Å². The predicted octanol–water partition coefficient (Wildman–Crippen LogP) is 3.23. The lowest BCUT2D eigenvalue weighted by Crippen LogP contribution is -2.53. The number of carbonyl (C=O) groups excluding carboxylic acids is 2. The highest BCUT2D eigenvalue weighted by atomic mass is 32.1. The highest BCUT2D eigenvalue weighted by Gasteiger charge is 2.27. The van der Waals surface area contributed by atoms with Gasteiger partial charge in [-0.05, 0) is 51.0 Å². The van der Waals surface area contributed by atoms with Gasteiger partial charge in [0.15, 0.2) is 0 Å². The molecule has 0 aromatic heterocycles. The van der Waals surface area contributed by atoms with Crippen LogP contribution in [0.15, 0.2) is 24.3 Å². The second-order valence-electron chi connectivity index (χ2n) is 6.55. The normalized spacial score (nSPS) is 13.1. The molecule has 0 aliphatic heterocycles. The van der Waals surface area contributed by atoms with Gasteiger partial charge in [-0.2, -0.15) is 0 Å². The molecule has 3 N–H and O–H groups in total. The largest absolute Gasteiger partial charge is 0.447 e. The summed E-state index contributed by atoms with van der Waals surface area (Å²) in [4.78, 5) is 24.7. The summed E-state index contributed by atoms with van der Waals surface area (Å²) < 4.78 is 18.0. The topological polar surface area (TPSA) is 79.5 Å². The van der Waals surface area contributed by atoms with Crippen molar-refractivity contribution in [2.45, 2.75) is 52.8 Å². The molecule has 0 radical (unpaired) electrons. The molecule has 1 rings (SSSR count). The fourth-order valence-corrected chi connectivity index (χ4v) is 2.24. The number of thiocarbonyl (C=S) groups is 1. The fraction of sp³-hybridized carbons (Fsp3) is 0.500. The fourth-order valence-electron chi connectivity index (χ4n) is 2.06. The second-order valence-corrected chi connectivity index (χ2v) is 6.99. The van der Waals surface area contributed by atoms with E-state index in [2.05, 4.69) is 16.0 Å². The van der Waals surface area contributed by atoms with E-state index in [0.717, 1.165) is 0 Å². The lowest BCUT2D eigenvalue weighted by Gasteiger charge is -2.24. The van der Waals surface area contributed by atoms with E-state index < -0.39 is 18.2 Å². The number of nitrogens with one attached hydrogen (secondary N) is 3. The number of amides is 2. The van der Waals surface area contributed by atoms with Crippen LogP contribution in [-0.2, 0) is 9.53 Å². The van der Waals surface area contributed by atoms with E-state index in [1.165, 1.54) is 12.1 Å². The molecule has 0 saturated heterocycles. The van der Waals surface area contributed by atoms with Crippen molar-refractivity contribution < 1.29 is 18.7 Å². The van der Waals surface area contributed by atoms with Gasteiger partial charge in [0.2, 0.25) is 5.91 Å². The SMILES string of the molecule is CC(C)OC(=O)NC(C(=O)N[C@H](C)C(=S)Nc1ccc(F)cc1)C(C)C. The quantitative estimate of drug-likeness (QED) is 0.630. The first-order chi connectivity index (χ1) is 12.1. The van der Waals surface area contributed by atoms with Crippen LogP contribution in [0.4, 0.5) is 14.9 Å². The third kappa shape index (κ3) is 7.35. The van der Waals surface area contributed by atoms with Gasteiger partial charge in [-0.25, -0.2) is 9.18 Å². The number of ether oxygens (including phenoxy) is 1. The van der Waals surface area contributed by atoms with E-state index in [0.29, 0.717) is 10.7 Å². The third-order valence-corrected chi connectivity index (χ3v) is 3.88. The van der Waals surface area contributed by atoms with E-state index in [1.54, 1.807) is 32.9 Å². The minimum absolute atomic E-state index is 0.138. The van der Waals surface area contributed by atoms with Crippen molar-refractivity contribution in [1.29, 1.82) is 0 Å². The molecule has 0 fully saturated rings. The van der Waals surface area contributed by atoms with Crippen LogP contribution in [0.5, 0.6) is 0 Å². The Bertz CT molecular complexity index is 635. The van der Waals surface area contributed by atoms with Crippen LogP contribution in [-0.4, -0.2) is 35.2 Å². The number of alkyl carbamates (subject to hydrolysis) is 1. The van der Waals surface area contributed by atoms with Crippen molar-refractivity contribution in [3.8, 4) is 0 Å². The average molecular weight is 383 g/mol. The molecule has 0 bridgehead atoms. The zero-order valence-electron chi connectivity index (χ0n) is 15.6. The summed E-state index contributed by atoms with van der Waals surface area (Å²) in [6.45, 7) is 8.82. The molecule has 6 nitrogen and oxygen atoms in total. The summed E-state index contributed by atoms with van der Waals surface area (Å²) in [6, 6.07) is 4.50. The maximum Gasteiger partial charge on any atom is 0.408 e. The van der Waals surface area contributed by atoms with Crippen LogP contribution in [0.2, 0.25) is 0 Å². The maximum absolute atomic E-state index is 12.9. The Balaban J connectivity index is 2.64. The molecule has 2 atom stereocenters. The lowest BCUT2D eigenvalue weighted by atomic mass is 10.0. The van der Waals surface area contributed by atoms with Gasteiger partial charge < -0.3 is 20.7 Å². The highest BCUT2D eigenvalue weighted by molar-refractivity contribution is 7.80. The Morgan fingerprint density at radius 1 is 1.04 bits per heavy atom. The molecule has 144 valence electrons. The number of carbonyl (C=O) groups is 2. The Morgan fingerprint density at radius 2 is 1.62 bits per heavy atom. The summed E-state index contributed by atoms with van der Waals surface area (Å²) in [5.74, 6) is -0.848. The Morgan fingerprint density at radius 3 is 2.12 bits per heavy atom. The number of rotatable bonds is 7. The number of hydrogen-bond donors (Lipinski definition) is 3. The number of benzene rings is 1. The zero-order valence-corrected chi connectivity index (χ0v) is 16.4. The molecule has 1 unspecified atom stereocenters. The van der Waals surface area contributed by atoms with Crippen molar-refractivity contribution in [1.82, 2.24) is 10.6 Å². The lowest BCUT2D eigenvalue weighted by molar-refractivity contribution is -0.124. The molecule has 1 aromatic rings. The standard InChI is InChI=1S/C18H26FN3O3S/c1-10(2)15(22-18(24)25-11(3)4)16(23)20-12(5)17(26)21-14-8-6-13(19)7-9-14/h6-12,15H,1-5H3,(H,20,23)(H,21,26)(H,22,24)/t12-,15?/m1/s1. The highest BCUT2D eigenvalue weighted by Crippen LogP contribution is 2.10. The van der Waals surface area contributed by atoms with E-state index >= 15 is 0 Å². The zero-order chi connectivity index (χ0) is 19.9. The summed E-state index contributed by atoms with van der Waals surface area (Å²) >= 11 is 5.28. The van der Waals surface area contributed by atoms with Gasteiger partial charge in [0.05, 0.1) is 12.1 Å². The number of hydrogen-bond acceptors (Lipinski definition) is 4. The van der Waals surface area contributed by atoms with Gasteiger partial charge in [0.25, 0.3) is 0 Å². The monoisotopic (exact) mass is 383 g/mol. The van der Waals surface area contributed by atoms with Crippen molar-refractivity contribution >= 4 is 34.9 Å². The molecule has 2 amide bonds. The molecule has 0 spiro atoms. The maximum atomic E-state index is 12.9. The Labute approximate surface area is 158 Å². The van der Waals surface area contributed by atoms with Gasteiger partial charge in [-0.3, -0.25) is 4.79 Å². The van der Waals surface area contributed by atoms with Gasteiger partial charge in [0.1, 0.15) is 16.8 Å². The van der Waals surface area contributed by atoms with Gasteiger partial charge in [-0.1, -0.05) is 26.1 Å². The van der Waals surface area contributed by atoms with Crippen LogP contribution in [0.3, 0.4) is 0 Å². The predicted molar refractivity (Wildman–Crippen MR) is 104 cm³/mol. The second kappa shape index (κ2) is 10.1. The van der Waals surface area contributed by atoms with Gasteiger partial charge in [-0.15, -0.1) is 0 Å². The van der Waals surface area contributed by atoms with Crippen molar-refractivity contribution in [3.05, 3.63) is 30.1 Å².